The second-order valence-electron chi connectivity index (χ2n) is 3.66. The summed E-state index contributed by atoms with van der Waals surface area (Å²) in [5.74, 6) is -0.464. The Bertz CT molecular complexity index is 450. The number of nitrogens with two attached hydrogens (primary N) is 1. The van der Waals surface area contributed by atoms with Crippen LogP contribution in [0.15, 0.2) is 47.8 Å². The van der Waals surface area contributed by atoms with E-state index in [9.17, 15) is 4.79 Å². The third-order valence-corrected chi connectivity index (χ3v) is 3.50. The number of benzene rings is 1. The maximum Gasteiger partial charge on any atom is 0.226 e. The van der Waals surface area contributed by atoms with Crippen LogP contribution in [0.25, 0.3) is 0 Å². The lowest BCUT2D eigenvalue weighted by atomic mass is 9.97. The van der Waals surface area contributed by atoms with Crippen molar-refractivity contribution < 1.29 is 4.79 Å². The zero-order valence-corrected chi connectivity index (χ0v) is 9.61. The number of carbonyl (C=O) groups is 1. The number of rotatable bonds is 4. The van der Waals surface area contributed by atoms with Gasteiger partial charge < -0.3 is 5.73 Å². The Labute approximate surface area is 98.7 Å². The highest BCUT2D eigenvalue weighted by molar-refractivity contribution is 7.10. The largest absolute Gasteiger partial charge is 0.369 e. The molecule has 82 valence electrons. The molecule has 0 aliphatic carbocycles. The van der Waals surface area contributed by atoms with Gasteiger partial charge in [-0.1, -0.05) is 36.4 Å². The molecule has 0 saturated carbocycles. The van der Waals surface area contributed by atoms with E-state index in [1.54, 1.807) is 11.3 Å². The molecule has 1 aromatic heterocycles. The van der Waals surface area contributed by atoms with E-state index in [2.05, 4.69) is 0 Å². The van der Waals surface area contributed by atoms with Crippen molar-refractivity contribution >= 4 is 17.2 Å². The predicted molar refractivity (Wildman–Crippen MR) is 66.4 cm³/mol. The Kier molecular flexibility index (Phi) is 3.37. The van der Waals surface area contributed by atoms with Crippen molar-refractivity contribution in [2.45, 2.75) is 12.3 Å². The number of carbonyl (C=O) groups excluding carboxylic acids is 1. The van der Waals surface area contributed by atoms with Gasteiger partial charge in [-0.15, -0.1) is 11.3 Å². The van der Waals surface area contributed by atoms with Gasteiger partial charge in [0.15, 0.2) is 0 Å². The molecular weight excluding hydrogens is 218 g/mol. The Hall–Kier alpha value is -1.61. The number of hydrogen-bond donors (Lipinski definition) is 1. The molecule has 2 aromatic rings. The molecule has 2 rings (SSSR count). The van der Waals surface area contributed by atoms with Crippen molar-refractivity contribution in [1.29, 1.82) is 0 Å². The first-order chi connectivity index (χ1) is 7.77. The van der Waals surface area contributed by atoms with Gasteiger partial charge in [0.25, 0.3) is 0 Å². The van der Waals surface area contributed by atoms with Crippen LogP contribution in [0.3, 0.4) is 0 Å². The van der Waals surface area contributed by atoms with Gasteiger partial charge in [0.2, 0.25) is 5.91 Å². The molecule has 2 nitrogen and oxygen atoms in total. The fourth-order valence-corrected chi connectivity index (χ4v) is 2.52. The van der Waals surface area contributed by atoms with Crippen LogP contribution in [0.1, 0.15) is 16.4 Å². The van der Waals surface area contributed by atoms with Crippen molar-refractivity contribution in [3.63, 3.8) is 0 Å². The minimum absolute atomic E-state index is 0.206. The Morgan fingerprint density at radius 3 is 2.50 bits per heavy atom. The lowest BCUT2D eigenvalue weighted by Gasteiger charge is -2.11. The van der Waals surface area contributed by atoms with Gasteiger partial charge in [-0.25, -0.2) is 0 Å². The summed E-state index contributed by atoms with van der Waals surface area (Å²) in [5, 5.41) is 1.97. The molecule has 1 heterocycles. The number of thiophene rings is 1. The average molecular weight is 231 g/mol. The van der Waals surface area contributed by atoms with Gasteiger partial charge in [0, 0.05) is 4.88 Å². The highest BCUT2D eigenvalue weighted by atomic mass is 32.1. The smallest absolute Gasteiger partial charge is 0.226 e. The number of hydrogen-bond acceptors (Lipinski definition) is 2. The lowest BCUT2D eigenvalue weighted by molar-refractivity contribution is -0.119. The molecule has 0 saturated heterocycles. The predicted octanol–water partition coefficient (Wildman–Crippen LogP) is 2.56. The summed E-state index contributed by atoms with van der Waals surface area (Å²) in [6, 6.07) is 13.9. The van der Waals surface area contributed by atoms with E-state index in [0.29, 0.717) is 6.42 Å². The first-order valence-electron chi connectivity index (χ1n) is 5.14. The van der Waals surface area contributed by atoms with Crippen LogP contribution in [0.2, 0.25) is 0 Å². The lowest BCUT2D eigenvalue weighted by Crippen LogP contribution is -2.22. The van der Waals surface area contributed by atoms with Crippen LogP contribution in [-0.2, 0) is 11.2 Å². The van der Waals surface area contributed by atoms with Crippen molar-refractivity contribution in [1.82, 2.24) is 0 Å². The van der Waals surface area contributed by atoms with E-state index < -0.39 is 0 Å². The summed E-state index contributed by atoms with van der Waals surface area (Å²) >= 11 is 1.58. The zero-order valence-electron chi connectivity index (χ0n) is 8.80. The van der Waals surface area contributed by atoms with Gasteiger partial charge in [-0.3, -0.25) is 4.79 Å². The van der Waals surface area contributed by atoms with E-state index in [-0.39, 0.29) is 11.8 Å². The van der Waals surface area contributed by atoms with Gasteiger partial charge >= 0.3 is 0 Å². The Balaban J connectivity index is 2.19. The molecule has 2 N–H and O–H groups in total. The molecule has 1 aromatic carbocycles. The molecule has 3 heteroatoms. The van der Waals surface area contributed by atoms with Crippen molar-refractivity contribution in [2.75, 3.05) is 0 Å². The maximum absolute atomic E-state index is 11.4. The van der Waals surface area contributed by atoms with Crippen LogP contribution < -0.4 is 5.73 Å². The molecule has 1 unspecified atom stereocenters. The summed E-state index contributed by atoms with van der Waals surface area (Å²) in [5.41, 5.74) is 6.58. The van der Waals surface area contributed by atoms with Gasteiger partial charge in [0.05, 0.1) is 5.92 Å². The molecule has 0 fully saturated rings. The van der Waals surface area contributed by atoms with Crippen LogP contribution in [0, 0.1) is 0 Å². The van der Waals surface area contributed by atoms with Crippen LogP contribution >= 0.6 is 11.3 Å². The zero-order chi connectivity index (χ0) is 11.4. The fourth-order valence-electron chi connectivity index (χ4n) is 1.68. The van der Waals surface area contributed by atoms with E-state index in [0.717, 1.165) is 10.4 Å². The van der Waals surface area contributed by atoms with Gasteiger partial charge in [-0.2, -0.15) is 0 Å². The third-order valence-electron chi connectivity index (χ3n) is 2.51. The number of primary amides is 1. The Morgan fingerprint density at radius 1 is 1.19 bits per heavy atom. The highest BCUT2D eigenvalue weighted by Crippen LogP contribution is 2.24. The minimum Gasteiger partial charge on any atom is -0.369 e. The first-order valence-corrected chi connectivity index (χ1v) is 6.02. The van der Waals surface area contributed by atoms with Crippen molar-refractivity contribution in [3.05, 3.63) is 58.3 Å². The highest BCUT2D eigenvalue weighted by Gasteiger charge is 2.18. The molecule has 0 aliphatic rings. The second kappa shape index (κ2) is 4.94. The van der Waals surface area contributed by atoms with Gasteiger partial charge in [0.1, 0.15) is 0 Å². The topological polar surface area (TPSA) is 43.1 Å². The van der Waals surface area contributed by atoms with Crippen molar-refractivity contribution in [3.8, 4) is 0 Å². The van der Waals surface area contributed by atoms with E-state index >= 15 is 0 Å². The molecule has 0 bridgehead atoms. The average Bonchev–Trinajstić information content (AvgIpc) is 2.80. The summed E-state index contributed by atoms with van der Waals surface area (Å²) in [7, 11) is 0. The third kappa shape index (κ3) is 2.49. The second-order valence-corrected chi connectivity index (χ2v) is 4.64. The fraction of sp³-hybridized carbons (Fsp3) is 0.154. The molecule has 1 atom stereocenters. The van der Waals surface area contributed by atoms with E-state index in [1.165, 1.54) is 0 Å². The van der Waals surface area contributed by atoms with Crippen LogP contribution in [0.5, 0.6) is 0 Å². The first kappa shape index (κ1) is 10.9. The quantitative estimate of drug-likeness (QED) is 0.863. The molecule has 0 radical (unpaired) electrons. The minimum atomic E-state index is -0.258. The monoisotopic (exact) mass is 231 g/mol. The Morgan fingerprint density at radius 2 is 1.94 bits per heavy atom. The molecule has 0 aliphatic heterocycles. The van der Waals surface area contributed by atoms with Gasteiger partial charge in [-0.05, 0) is 23.4 Å². The molecular formula is C13H13NOS. The standard InChI is InChI=1S/C13H13NOS/c14-13(15)11(12-7-4-8-16-12)9-10-5-2-1-3-6-10/h1-8,11H,9H2,(H2,14,15). The number of amides is 1. The van der Waals surface area contributed by atoms with Crippen LogP contribution in [0.4, 0.5) is 0 Å². The molecule has 16 heavy (non-hydrogen) atoms. The summed E-state index contributed by atoms with van der Waals surface area (Å²) in [6.07, 6.45) is 0.677. The SMILES string of the molecule is NC(=O)C(Cc1ccccc1)c1cccs1. The summed E-state index contributed by atoms with van der Waals surface area (Å²) in [4.78, 5) is 12.5. The molecule has 1 amide bonds. The molecule has 0 spiro atoms. The summed E-state index contributed by atoms with van der Waals surface area (Å²) in [6.45, 7) is 0. The normalized spacial score (nSPS) is 12.2. The van der Waals surface area contributed by atoms with E-state index in [1.807, 2.05) is 47.8 Å². The summed E-state index contributed by atoms with van der Waals surface area (Å²) < 4.78 is 0. The maximum atomic E-state index is 11.4. The van der Waals surface area contributed by atoms with Crippen LogP contribution in [-0.4, -0.2) is 5.91 Å². The van der Waals surface area contributed by atoms with E-state index in [4.69, 9.17) is 5.73 Å². The van der Waals surface area contributed by atoms with Crippen molar-refractivity contribution in [2.24, 2.45) is 5.73 Å².